The number of rotatable bonds is 7. The van der Waals surface area contributed by atoms with Gasteiger partial charge in [0.2, 0.25) is 10.0 Å². The Morgan fingerprint density at radius 1 is 1.24 bits per heavy atom. The third-order valence-electron chi connectivity index (χ3n) is 2.50. The first-order valence-corrected chi connectivity index (χ1v) is 9.62. The van der Waals surface area contributed by atoms with Crippen LogP contribution < -0.4 is 4.72 Å². The van der Waals surface area contributed by atoms with Gasteiger partial charge in [-0.2, -0.15) is 4.72 Å². The van der Waals surface area contributed by atoms with Crippen molar-refractivity contribution in [2.75, 3.05) is 12.0 Å². The molecule has 1 aromatic carbocycles. The largest absolute Gasteiger partial charge is 0.480 e. The molecule has 0 heterocycles. The molecule has 0 saturated heterocycles. The first-order chi connectivity index (χ1) is 9.51. The van der Waals surface area contributed by atoms with E-state index in [0.29, 0.717) is 5.02 Å². The predicted molar refractivity (Wildman–Crippen MR) is 77.5 cm³/mol. The van der Waals surface area contributed by atoms with E-state index in [9.17, 15) is 21.6 Å². The van der Waals surface area contributed by atoms with Crippen molar-refractivity contribution in [3.63, 3.8) is 0 Å². The van der Waals surface area contributed by atoms with Gasteiger partial charge in [0.1, 0.15) is 15.9 Å². The Morgan fingerprint density at radius 2 is 1.76 bits per heavy atom. The molecule has 0 aliphatic rings. The molecule has 0 aliphatic carbocycles. The Bertz CT molecular complexity index is 712. The SMILES string of the molecule is CS(=O)(=O)CCC(NS(=O)(=O)c1ccc(Cl)cc1)C(=O)O. The summed E-state index contributed by atoms with van der Waals surface area (Å²) in [5.74, 6) is -1.89. The topological polar surface area (TPSA) is 118 Å². The van der Waals surface area contributed by atoms with Gasteiger partial charge >= 0.3 is 5.97 Å². The van der Waals surface area contributed by atoms with Crippen molar-refractivity contribution in [1.29, 1.82) is 0 Å². The van der Waals surface area contributed by atoms with Crippen molar-refractivity contribution in [3.05, 3.63) is 29.3 Å². The maximum Gasteiger partial charge on any atom is 0.321 e. The van der Waals surface area contributed by atoms with Crippen molar-refractivity contribution in [2.24, 2.45) is 0 Å². The molecule has 0 aliphatic heterocycles. The molecule has 10 heteroatoms. The Kier molecular flexibility index (Phi) is 5.74. The molecule has 21 heavy (non-hydrogen) atoms. The Morgan fingerprint density at radius 3 is 2.19 bits per heavy atom. The molecule has 0 radical (unpaired) electrons. The molecule has 1 atom stereocenters. The average Bonchev–Trinajstić information content (AvgIpc) is 2.33. The number of sulfone groups is 1. The summed E-state index contributed by atoms with van der Waals surface area (Å²) in [6.45, 7) is 0. The molecule has 1 unspecified atom stereocenters. The maximum atomic E-state index is 12.0. The molecule has 1 rings (SSSR count). The first-order valence-electron chi connectivity index (χ1n) is 5.70. The van der Waals surface area contributed by atoms with E-state index in [2.05, 4.69) is 0 Å². The van der Waals surface area contributed by atoms with E-state index in [1.54, 1.807) is 0 Å². The van der Waals surface area contributed by atoms with Crippen molar-refractivity contribution in [1.82, 2.24) is 4.72 Å². The van der Waals surface area contributed by atoms with Gasteiger partial charge in [-0.15, -0.1) is 0 Å². The lowest BCUT2D eigenvalue weighted by Gasteiger charge is -2.14. The third-order valence-corrected chi connectivity index (χ3v) is 5.21. The minimum absolute atomic E-state index is 0.155. The highest BCUT2D eigenvalue weighted by atomic mass is 35.5. The molecule has 0 bridgehead atoms. The lowest BCUT2D eigenvalue weighted by Crippen LogP contribution is -2.41. The normalized spacial score (nSPS) is 13.8. The standard InChI is InChI=1S/C11H14ClNO6S2/c1-20(16,17)7-6-10(11(14)15)13-21(18,19)9-4-2-8(12)3-5-9/h2-5,10,13H,6-7H2,1H3,(H,14,15). The van der Waals surface area contributed by atoms with E-state index in [1.807, 2.05) is 4.72 Å². The summed E-state index contributed by atoms with van der Waals surface area (Å²) < 4.78 is 48.1. The van der Waals surface area contributed by atoms with Gasteiger partial charge in [0.15, 0.2) is 0 Å². The minimum Gasteiger partial charge on any atom is -0.480 e. The van der Waals surface area contributed by atoms with Gasteiger partial charge in [-0.25, -0.2) is 16.8 Å². The zero-order valence-electron chi connectivity index (χ0n) is 11.0. The monoisotopic (exact) mass is 355 g/mol. The Labute approximate surface area is 127 Å². The number of carboxylic acids is 1. The van der Waals surface area contributed by atoms with Crippen LogP contribution in [0.4, 0.5) is 0 Å². The van der Waals surface area contributed by atoms with Gasteiger partial charge in [0.25, 0.3) is 0 Å². The van der Waals surface area contributed by atoms with Crippen molar-refractivity contribution >= 4 is 37.4 Å². The fourth-order valence-electron chi connectivity index (χ4n) is 1.43. The fourth-order valence-corrected chi connectivity index (χ4v) is 3.45. The Balaban J connectivity index is 2.92. The van der Waals surface area contributed by atoms with Gasteiger partial charge in [0.05, 0.1) is 10.6 Å². The van der Waals surface area contributed by atoms with E-state index in [0.717, 1.165) is 6.26 Å². The number of carbonyl (C=O) groups is 1. The number of aliphatic carboxylic acids is 1. The number of halogens is 1. The predicted octanol–water partition coefficient (Wildman–Crippen LogP) is 0.506. The van der Waals surface area contributed by atoms with Crippen molar-refractivity contribution in [2.45, 2.75) is 17.4 Å². The highest BCUT2D eigenvalue weighted by Gasteiger charge is 2.26. The number of hydrogen-bond acceptors (Lipinski definition) is 5. The van der Waals surface area contributed by atoms with Crippen LogP contribution in [0.1, 0.15) is 6.42 Å². The Hall–Kier alpha value is -1.16. The molecule has 2 N–H and O–H groups in total. The van der Waals surface area contributed by atoms with Crippen LogP contribution in [0.2, 0.25) is 5.02 Å². The highest BCUT2D eigenvalue weighted by Crippen LogP contribution is 2.14. The molecule has 0 spiro atoms. The van der Waals surface area contributed by atoms with Crippen LogP contribution in [0.5, 0.6) is 0 Å². The van der Waals surface area contributed by atoms with Crippen molar-refractivity contribution in [3.8, 4) is 0 Å². The number of hydrogen-bond donors (Lipinski definition) is 2. The van der Waals surface area contributed by atoms with Crippen LogP contribution in [0.3, 0.4) is 0 Å². The van der Waals surface area contributed by atoms with E-state index >= 15 is 0 Å². The molecular weight excluding hydrogens is 342 g/mol. The lowest BCUT2D eigenvalue weighted by molar-refractivity contribution is -0.139. The average molecular weight is 356 g/mol. The van der Waals surface area contributed by atoms with Gasteiger partial charge in [-0.05, 0) is 30.7 Å². The number of benzene rings is 1. The summed E-state index contributed by atoms with van der Waals surface area (Å²) >= 11 is 5.64. The summed E-state index contributed by atoms with van der Waals surface area (Å²) in [5.41, 5.74) is 0. The van der Waals surface area contributed by atoms with Crippen LogP contribution >= 0.6 is 11.6 Å². The van der Waals surface area contributed by atoms with Crippen LogP contribution in [0.25, 0.3) is 0 Å². The molecule has 118 valence electrons. The second kappa shape index (κ2) is 6.73. The summed E-state index contributed by atoms with van der Waals surface area (Å²) in [7, 11) is -7.47. The highest BCUT2D eigenvalue weighted by molar-refractivity contribution is 7.90. The summed E-state index contributed by atoms with van der Waals surface area (Å²) in [5, 5.41) is 9.32. The number of carboxylic acid groups (broad SMARTS) is 1. The van der Waals surface area contributed by atoms with E-state index in [4.69, 9.17) is 16.7 Å². The van der Waals surface area contributed by atoms with Gasteiger partial charge in [0, 0.05) is 11.3 Å². The minimum atomic E-state index is -4.07. The molecule has 0 amide bonds. The van der Waals surface area contributed by atoms with Crippen LogP contribution in [-0.2, 0) is 24.7 Å². The lowest BCUT2D eigenvalue weighted by atomic mass is 10.2. The van der Waals surface area contributed by atoms with Gasteiger partial charge < -0.3 is 5.11 Å². The first kappa shape index (κ1) is 17.9. The van der Waals surface area contributed by atoms with E-state index < -0.39 is 37.6 Å². The molecule has 0 aromatic heterocycles. The second-order valence-corrected chi connectivity index (χ2v) is 8.79. The quantitative estimate of drug-likeness (QED) is 0.735. The smallest absolute Gasteiger partial charge is 0.321 e. The third kappa shape index (κ3) is 6.00. The molecule has 1 aromatic rings. The number of sulfonamides is 1. The van der Waals surface area contributed by atoms with Crippen LogP contribution in [-0.4, -0.2) is 46.0 Å². The molecular formula is C11H14ClNO6S2. The van der Waals surface area contributed by atoms with Crippen LogP contribution in [0, 0.1) is 0 Å². The van der Waals surface area contributed by atoms with Crippen molar-refractivity contribution < 1.29 is 26.7 Å². The maximum absolute atomic E-state index is 12.0. The zero-order chi connectivity index (χ0) is 16.3. The summed E-state index contributed by atoms with van der Waals surface area (Å²) in [4.78, 5) is 10.9. The molecule has 7 nitrogen and oxygen atoms in total. The summed E-state index contributed by atoms with van der Waals surface area (Å²) in [6, 6.07) is 3.62. The van der Waals surface area contributed by atoms with Crippen LogP contribution in [0.15, 0.2) is 29.2 Å². The zero-order valence-corrected chi connectivity index (χ0v) is 13.4. The summed E-state index contributed by atoms with van der Waals surface area (Å²) in [6.07, 6.45) is 0.584. The number of nitrogens with one attached hydrogen (secondary N) is 1. The second-order valence-electron chi connectivity index (χ2n) is 4.38. The van der Waals surface area contributed by atoms with E-state index in [-0.39, 0.29) is 11.3 Å². The van der Waals surface area contributed by atoms with E-state index in [1.165, 1.54) is 24.3 Å². The molecule has 0 saturated carbocycles. The van der Waals surface area contributed by atoms with Gasteiger partial charge in [-0.1, -0.05) is 11.6 Å². The molecule has 0 fully saturated rings. The fraction of sp³-hybridized carbons (Fsp3) is 0.364. The van der Waals surface area contributed by atoms with Gasteiger partial charge in [-0.3, -0.25) is 4.79 Å².